The van der Waals surface area contributed by atoms with Gasteiger partial charge in [0.15, 0.2) is 5.78 Å². The number of esters is 1. The Morgan fingerprint density at radius 3 is 2.29 bits per heavy atom. The van der Waals surface area contributed by atoms with E-state index in [9.17, 15) is 24.5 Å². The molecule has 0 spiro atoms. The van der Waals surface area contributed by atoms with Crippen LogP contribution in [0.5, 0.6) is 0 Å². The van der Waals surface area contributed by atoms with Crippen molar-refractivity contribution in [1.29, 1.82) is 0 Å². The first-order chi connectivity index (χ1) is 13.4. The molecule has 0 aliphatic rings. The minimum absolute atomic E-state index is 0.0876. The maximum Gasteiger partial charge on any atom is 0.313 e. The summed E-state index contributed by atoms with van der Waals surface area (Å²) in [4.78, 5) is 46.1. The molecule has 0 fully saturated rings. The third kappa shape index (κ3) is 6.51. The van der Waals surface area contributed by atoms with E-state index >= 15 is 0 Å². The largest absolute Gasteiger partial charge is 0.466 e. The molecular weight excluding hydrogens is 384 g/mol. The fourth-order valence-electron chi connectivity index (χ4n) is 2.16. The molecule has 1 N–H and O–H groups in total. The zero-order valence-electron chi connectivity index (χ0n) is 15.0. The molecule has 9 heteroatoms. The maximum atomic E-state index is 12.2. The van der Waals surface area contributed by atoms with Gasteiger partial charge in [0, 0.05) is 28.3 Å². The lowest BCUT2D eigenvalue weighted by atomic mass is 10.2. The number of carbonyl (C=O) groups is 3. The minimum Gasteiger partial charge on any atom is -0.466 e. The number of ether oxygens (including phenoxy) is 1. The van der Waals surface area contributed by atoms with Crippen molar-refractivity contribution in [3.05, 3.63) is 64.2 Å². The Morgan fingerprint density at radius 2 is 1.71 bits per heavy atom. The van der Waals surface area contributed by atoms with Gasteiger partial charge in [-0.25, -0.2) is 0 Å². The Labute approximate surface area is 165 Å². The van der Waals surface area contributed by atoms with Crippen LogP contribution in [0.1, 0.15) is 23.7 Å². The van der Waals surface area contributed by atoms with E-state index < -0.39 is 10.9 Å². The van der Waals surface area contributed by atoms with Crippen molar-refractivity contribution < 1.29 is 24.0 Å². The van der Waals surface area contributed by atoms with Crippen LogP contribution in [-0.4, -0.2) is 34.9 Å². The summed E-state index contributed by atoms with van der Waals surface area (Å²) >= 11 is 1.28. The van der Waals surface area contributed by atoms with Crippen LogP contribution >= 0.6 is 11.8 Å². The van der Waals surface area contributed by atoms with E-state index in [1.54, 1.807) is 31.2 Å². The van der Waals surface area contributed by atoms with E-state index in [-0.39, 0.29) is 36.2 Å². The third-order valence-corrected chi connectivity index (χ3v) is 4.57. The number of rotatable bonds is 9. The molecular formula is C19H18N2O6S. The summed E-state index contributed by atoms with van der Waals surface area (Å²) in [6.45, 7) is 1.92. The molecule has 0 aliphatic heterocycles. The van der Waals surface area contributed by atoms with E-state index in [2.05, 4.69) is 5.32 Å². The molecule has 0 aromatic heterocycles. The highest BCUT2D eigenvalue weighted by molar-refractivity contribution is 8.00. The predicted molar refractivity (Wildman–Crippen MR) is 104 cm³/mol. The minimum atomic E-state index is -0.532. The maximum absolute atomic E-state index is 12.2. The fraction of sp³-hybridized carbons (Fsp3) is 0.211. The number of non-ortho nitro benzene ring substituents is 1. The summed E-state index contributed by atoms with van der Waals surface area (Å²) in [5, 5.41) is 13.3. The number of Topliss-reactive ketones (excluding diaryl/α,β-unsaturated/α-hetero) is 1. The van der Waals surface area contributed by atoms with Crippen molar-refractivity contribution in [2.75, 3.05) is 17.7 Å². The van der Waals surface area contributed by atoms with Gasteiger partial charge in [-0.2, -0.15) is 0 Å². The number of nitro groups is 1. The topological polar surface area (TPSA) is 116 Å². The normalized spacial score (nSPS) is 10.2. The molecule has 0 atom stereocenters. The Hall–Kier alpha value is -3.20. The molecule has 8 nitrogen and oxygen atoms in total. The Kier molecular flexibility index (Phi) is 7.70. The smallest absolute Gasteiger partial charge is 0.313 e. The SMILES string of the molecule is CCOC(=O)CC(=O)CSc1ccc(NC(=O)c2ccc([N+](=O)[O-])cc2)cc1. The Bertz CT molecular complexity index is 865. The van der Waals surface area contributed by atoms with Crippen LogP contribution in [0, 0.1) is 10.1 Å². The van der Waals surface area contributed by atoms with E-state index in [0.29, 0.717) is 11.3 Å². The highest BCUT2D eigenvalue weighted by atomic mass is 32.2. The molecule has 2 aromatic rings. The number of nitro benzene ring substituents is 1. The lowest BCUT2D eigenvalue weighted by molar-refractivity contribution is -0.384. The lowest BCUT2D eigenvalue weighted by Crippen LogP contribution is -2.12. The number of ketones is 1. The number of thioether (sulfide) groups is 1. The van der Waals surface area contributed by atoms with Crippen LogP contribution in [0.25, 0.3) is 0 Å². The van der Waals surface area contributed by atoms with E-state index in [1.165, 1.54) is 36.0 Å². The van der Waals surface area contributed by atoms with Gasteiger partial charge in [0.25, 0.3) is 11.6 Å². The number of carbonyl (C=O) groups excluding carboxylic acids is 3. The number of hydrogen-bond donors (Lipinski definition) is 1. The van der Waals surface area contributed by atoms with E-state index in [1.807, 2.05) is 0 Å². The summed E-state index contributed by atoms with van der Waals surface area (Å²) in [5.41, 5.74) is 0.759. The number of amides is 1. The van der Waals surface area contributed by atoms with Gasteiger partial charge >= 0.3 is 5.97 Å². The van der Waals surface area contributed by atoms with Crippen molar-refractivity contribution in [2.45, 2.75) is 18.2 Å². The van der Waals surface area contributed by atoms with Gasteiger partial charge in [0.1, 0.15) is 6.42 Å². The van der Waals surface area contributed by atoms with Crippen LogP contribution in [-0.2, 0) is 14.3 Å². The highest BCUT2D eigenvalue weighted by Gasteiger charge is 2.12. The average Bonchev–Trinajstić information content (AvgIpc) is 2.67. The molecule has 28 heavy (non-hydrogen) atoms. The monoisotopic (exact) mass is 402 g/mol. The van der Waals surface area contributed by atoms with Gasteiger partial charge in [-0.3, -0.25) is 24.5 Å². The quantitative estimate of drug-likeness (QED) is 0.224. The number of nitrogens with zero attached hydrogens (tertiary/aromatic N) is 1. The molecule has 146 valence electrons. The summed E-state index contributed by atoms with van der Waals surface area (Å²) in [6.07, 6.45) is -0.246. The van der Waals surface area contributed by atoms with Gasteiger partial charge in [-0.1, -0.05) is 0 Å². The summed E-state index contributed by atoms with van der Waals surface area (Å²) in [5.74, 6) is -0.996. The molecule has 0 bridgehead atoms. The number of hydrogen-bond acceptors (Lipinski definition) is 7. The first kappa shape index (κ1) is 21.1. The van der Waals surface area contributed by atoms with Gasteiger partial charge in [0.05, 0.1) is 17.3 Å². The van der Waals surface area contributed by atoms with Crippen molar-refractivity contribution in [3.8, 4) is 0 Å². The number of benzene rings is 2. The molecule has 0 heterocycles. The zero-order valence-corrected chi connectivity index (χ0v) is 15.9. The second kappa shape index (κ2) is 10.2. The molecule has 0 radical (unpaired) electrons. The summed E-state index contributed by atoms with van der Waals surface area (Å²) in [7, 11) is 0. The van der Waals surface area contributed by atoms with Gasteiger partial charge in [-0.05, 0) is 43.3 Å². The van der Waals surface area contributed by atoms with Gasteiger partial charge < -0.3 is 10.1 Å². The van der Waals surface area contributed by atoms with Crippen LogP contribution in [0.3, 0.4) is 0 Å². The molecule has 2 aromatic carbocycles. The van der Waals surface area contributed by atoms with Crippen molar-refractivity contribution >= 4 is 40.8 Å². The molecule has 0 saturated heterocycles. The lowest BCUT2D eigenvalue weighted by Gasteiger charge is -2.07. The molecule has 0 saturated carbocycles. The van der Waals surface area contributed by atoms with Crippen molar-refractivity contribution in [2.24, 2.45) is 0 Å². The van der Waals surface area contributed by atoms with Crippen LogP contribution in [0.4, 0.5) is 11.4 Å². The highest BCUT2D eigenvalue weighted by Crippen LogP contribution is 2.21. The van der Waals surface area contributed by atoms with E-state index in [4.69, 9.17) is 4.74 Å². The van der Waals surface area contributed by atoms with Crippen LogP contribution in [0.2, 0.25) is 0 Å². The third-order valence-electron chi connectivity index (χ3n) is 3.50. The average molecular weight is 402 g/mol. The Balaban J connectivity index is 1.86. The van der Waals surface area contributed by atoms with E-state index in [0.717, 1.165) is 4.90 Å². The second-order valence-corrected chi connectivity index (χ2v) is 6.64. The standard InChI is InChI=1S/C19H18N2O6S/c1-2-27-18(23)11-16(22)12-28-17-9-5-14(6-10-17)20-19(24)13-3-7-15(8-4-13)21(25)26/h3-10H,2,11-12H2,1H3,(H,20,24). The fourth-order valence-corrected chi connectivity index (χ4v) is 2.92. The second-order valence-electron chi connectivity index (χ2n) is 5.59. The number of nitrogens with one attached hydrogen (secondary N) is 1. The molecule has 0 aliphatic carbocycles. The summed E-state index contributed by atoms with van der Waals surface area (Å²) < 4.78 is 4.73. The predicted octanol–water partition coefficient (Wildman–Crippen LogP) is 3.46. The van der Waals surface area contributed by atoms with Crippen molar-refractivity contribution in [1.82, 2.24) is 0 Å². The zero-order chi connectivity index (χ0) is 20.5. The number of anilines is 1. The Morgan fingerprint density at radius 1 is 1.07 bits per heavy atom. The molecule has 1 amide bonds. The summed E-state index contributed by atoms with van der Waals surface area (Å²) in [6, 6.07) is 12.1. The van der Waals surface area contributed by atoms with Gasteiger partial charge in [-0.15, -0.1) is 11.8 Å². The van der Waals surface area contributed by atoms with Crippen molar-refractivity contribution in [3.63, 3.8) is 0 Å². The van der Waals surface area contributed by atoms with Gasteiger partial charge in [0.2, 0.25) is 0 Å². The van der Waals surface area contributed by atoms with Crippen LogP contribution < -0.4 is 5.32 Å². The molecule has 2 rings (SSSR count). The first-order valence-corrected chi connectivity index (χ1v) is 9.33. The van der Waals surface area contributed by atoms with Crippen LogP contribution in [0.15, 0.2) is 53.4 Å². The molecule has 0 unspecified atom stereocenters. The first-order valence-electron chi connectivity index (χ1n) is 8.35.